The van der Waals surface area contributed by atoms with Gasteiger partial charge < -0.3 is 30.3 Å². The van der Waals surface area contributed by atoms with E-state index in [1.807, 2.05) is 0 Å². The molecule has 0 aliphatic carbocycles. The second-order valence-electron chi connectivity index (χ2n) is 9.83. The number of carboxylic acids is 1. The Balaban J connectivity index is 0. The van der Waals surface area contributed by atoms with Gasteiger partial charge in [0.15, 0.2) is 0 Å². The lowest BCUT2D eigenvalue weighted by Gasteiger charge is -2.32. The average Bonchev–Trinajstić information content (AvgIpc) is 2.61. The van der Waals surface area contributed by atoms with Gasteiger partial charge in [0.05, 0.1) is 35.6 Å². The fourth-order valence-electron chi connectivity index (χ4n) is 1.48. The van der Waals surface area contributed by atoms with Crippen LogP contribution in [0.2, 0.25) is 0 Å². The van der Waals surface area contributed by atoms with Gasteiger partial charge in [-0.25, -0.2) is 0 Å². The maximum atomic E-state index is 11.4. The molecule has 0 aromatic heterocycles. The predicted octanol–water partition coefficient (Wildman–Crippen LogP) is 0.960. The first-order valence-electron chi connectivity index (χ1n) is 9.31. The lowest BCUT2D eigenvalue weighted by atomic mass is 9.77. The van der Waals surface area contributed by atoms with Gasteiger partial charge in [0.25, 0.3) is 0 Å². The van der Waals surface area contributed by atoms with E-state index < -0.39 is 58.9 Å². The molecule has 0 spiro atoms. The summed E-state index contributed by atoms with van der Waals surface area (Å²) in [6, 6.07) is 0. The van der Waals surface area contributed by atoms with E-state index >= 15 is 0 Å². The molecule has 29 heavy (non-hydrogen) atoms. The summed E-state index contributed by atoms with van der Waals surface area (Å²) in [6.07, 6.45) is -0.690. The third kappa shape index (κ3) is 9.66. The average molecular weight is 423 g/mol. The number of hydrogen-bond donors (Lipinski definition) is 5. The van der Waals surface area contributed by atoms with E-state index in [4.69, 9.17) is 20.4 Å². The van der Waals surface area contributed by atoms with Crippen molar-refractivity contribution in [3.63, 3.8) is 0 Å². The summed E-state index contributed by atoms with van der Waals surface area (Å²) in [5.74, 6) is -2.62. The Hall–Kier alpha value is -1.55. The maximum absolute atomic E-state index is 11.4. The SMILES string of the molecule is CC(C)(CO)C(=O)OC(=O)C(C)(C)CO.CC(C)(CO)CC(O)C(C)(C)C(=O)O. The number of hydrogen-bond acceptors (Lipinski definition) is 8. The topological polar surface area (TPSA) is 162 Å². The minimum atomic E-state index is -1.17. The van der Waals surface area contributed by atoms with E-state index in [1.54, 1.807) is 13.8 Å². The molecule has 0 heterocycles. The highest BCUT2D eigenvalue weighted by molar-refractivity contribution is 5.91. The van der Waals surface area contributed by atoms with Crippen molar-refractivity contribution in [2.24, 2.45) is 21.7 Å². The van der Waals surface area contributed by atoms with Crippen molar-refractivity contribution in [1.82, 2.24) is 0 Å². The van der Waals surface area contributed by atoms with Crippen molar-refractivity contribution in [1.29, 1.82) is 0 Å². The van der Waals surface area contributed by atoms with Crippen LogP contribution in [0.4, 0.5) is 0 Å². The number of aliphatic hydroxyl groups excluding tert-OH is 4. The molecule has 9 nitrogen and oxygen atoms in total. The van der Waals surface area contributed by atoms with E-state index in [9.17, 15) is 19.5 Å². The third-order valence-corrected chi connectivity index (χ3v) is 4.64. The molecule has 0 radical (unpaired) electrons. The summed E-state index contributed by atoms with van der Waals surface area (Å²) in [4.78, 5) is 33.6. The van der Waals surface area contributed by atoms with Gasteiger partial charge in [-0.15, -0.1) is 0 Å². The van der Waals surface area contributed by atoms with E-state index in [-0.39, 0.29) is 13.0 Å². The summed E-state index contributed by atoms with van der Waals surface area (Å²) in [7, 11) is 0. The van der Waals surface area contributed by atoms with E-state index in [0.717, 1.165) is 0 Å². The zero-order valence-corrected chi connectivity index (χ0v) is 18.8. The summed E-state index contributed by atoms with van der Waals surface area (Å²) in [6.45, 7) is 11.5. The van der Waals surface area contributed by atoms with Gasteiger partial charge in [-0.05, 0) is 53.4 Å². The molecule has 0 aliphatic rings. The summed E-state index contributed by atoms with van der Waals surface area (Å²) in [5, 5.41) is 45.3. The third-order valence-electron chi connectivity index (χ3n) is 4.64. The van der Waals surface area contributed by atoms with Crippen LogP contribution in [0, 0.1) is 21.7 Å². The Morgan fingerprint density at radius 1 is 0.759 bits per heavy atom. The largest absolute Gasteiger partial charge is 0.481 e. The van der Waals surface area contributed by atoms with Crippen LogP contribution >= 0.6 is 0 Å². The standard InChI is InChI=1S/C10H18O5.C10H20O4/c1-9(2,5-11)7(13)15-8(14)10(3,4)6-12;1-9(2,6-11)5-7(12)10(3,4)8(13)14/h11-12H,5-6H2,1-4H3;7,11-12H,5-6H2,1-4H3,(H,13,14). The molecule has 9 heteroatoms. The second kappa shape index (κ2) is 11.0. The van der Waals surface area contributed by atoms with Crippen LogP contribution in [0.15, 0.2) is 0 Å². The van der Waals surface area contributed by atoms with E-state index in [1.165, 1.54) is 41.5 Å². The number of ether oxygens (including phenoxy) is 1. The summed E-state index contributed by atoms with van der Waals surface area (Å²) < 4.78 is 4.56. The first-order chi connectivity index (χ1) is 12.8. The molecule has 172 valence electrons. The molecule has 0 aromatic rings. The minimum Gasteiger partial charge on any atom is -0.481 e. The summed E-state index contributed by atoms with van der Waals surface area (Å²) in [5.41, 5.74) is -3.85. The van der Waals surface area contributed by atoms with Gasteiger partial charge in [-0.3, -0.25) is 14.4 Å². The molecule has 0 amide bonds. The highest BCUT2D eigenvalue weighted by Crippen LogP contribution is 2.31. The van der Waals surface area contributed by atoms with Crippen LogP contribution in [0.5, 0.6) is 0 Å². The van der Waals surface area contributed by atoms with Crippen molar-refractivity contribution in [3.8, 4) is 0 Å². The highest BCUT2D eigenvalue weighted by Gasteiger charge is 2.38. The molecule has 0 bridgehead atoms. The number of esters is 2. The Bertz CT molecular complexity index is 536. The minimum absolute atomic E-state index is 0.0697. The Kier molecular flexibility index (Phi) is 11.3. The molecule has 0 aliphatic heterocycles. The van der Waals surface area contributed by atoms with Crippen LogP contribution in [0.25, 0.3) is 0 Å². The number of carbonyl (C=O) groups is 3. The fourth-order valence-corrected chi connectivity index (χ4v) is 1.48. The second-order valence-corrected chi connectivity index (χ2v) is 9.83. The number of carbonyl (C=O) groups excluding carboxylic acids is 2. The lowest BCUT2D eigenvalue weighted by molar-refractivity contribution is -0.174. The van der Waals surface area contributed by atoms with Gasteiger partial charge in [0.1, 0.15) is 0 Å². The molecule has 0 fully saturated rings. The lowest BCUT2D eigenvalue weighted by Crippen LogP contribution is -2.40. The molecular weight excluding hydrogens is 384 g/mol. The van der Waals surface area contributed by atoms with Gasteiger partial charge in [-0.1, -0.05) is 13.8 Å². The molecule has 0 aromatic carbocycles. The maximum Gasteiger partial charge on any atom is 0.321 e. The zero-order chi connectivity index (χ0) is 23.8. The number of aliphatic hydroxyl groups is 4. The smallest absolute Gasteiger partial charge is 0.321 e. The fraction of sp³-hybridized carbons (Fsp3) is 0.850. The van der Waals surface area contributed by atoms with Crippen molar-refractivity contribution in [3.05, 3.63) is 0 Å². The Morgan fingerprint density at radius 3 is 1.34 bits per heavy atom. The quantitative estimate of drug-likeness (QED) is 0.269. The number of rotatable bonds is 9. The van der Waals surface area contributed by atoms with Gasteiger partial charge in [0.2, 0.25) is 0 Å². The summed E-state index contributed by atoms with van der Waals surface area (Å²) >= 11 is 0. The normalized spacial score (nSPS) is 13.8. The molecular formula is C20H38O9. The van der Waals surface area contributed by atoms with Gasteiger partial charge in [0, 0.05) is 6.61 Å². The highest BCUT2D eigenvalue weighted by atomic mass is 16.6. The Morgan fingerprint density at radius 2 is 1.10 bits per heavy atom. The number of carboxylic acid groups (broad SMARTS) is 1. The van der Waals surface area contributed by atoms with Crippen LogP contribution in [0.1, 0.15) is 61.8 Å². The van der Waals surface area contributed by atoms with E-state index in [0.29, 0.717) is 0 Å². The first kappa shape index (κ1) is 29.6. The number of aliphatic carboxylic acids is 1. The molecule has 1 unspecified atom stereocenters. The zero-order valence-electron chi connectivity index (χ0n) is 18.8. The van der Waals surface area contributed by atoms with Gasteiger partial charge >= 0.3 is 17.9 Å². The molecule has 0 saturated heterocycles. The van der Waals surface area contributed by atoms with Crippen LogP contribution in [-0.4, -0.2) is 69.4 Å². The first-order valence-corrected chi connectivity index (χ1v) is 9.31. The van der Waals surface area contributed by atoms with Crippen LogP contribution in [0.3, 0.4) is 0 Å². The van der Waals surface area contributed by atoms with Crippen molar-refractivity contribution < 1.29 is 44.7 Å². The predicted molar refractivity (Wildman–Crippen MR) is 106 cm³/mol. The monoisotopic (exact) mass is 422 g/mol. The molecule has 1 atom stereocenters. The molecule has 5 N–H and O–H groups in total. The van der Waals surface area contributed by atoms with Crippen molar-refractivity contribution >= 4 is 17.9 Å². The van der Waals surface area contributed by atoms with Crippen molar-refractivity contribution in [2.75, 3.05) is 19.8 Å². The van der Waals surface area contributed by atoms with Gasteiger partial charge in [-0.2, -0.15) is 0 Å². The van der Waals surface area contributed by atoms with Crippen molar-refractivity contribution in [2.45, 2.75) is 67.9 Å². The van der Waals surface area contributed by atoms with E-state index in [2.05, 4.69) is 4.74 Å². The molecule has 0 saturated carbocycles. The Labute approximate surface area is 172 Å². The van der Waals surface area contributed by atoms with Crippen LogP contribution < -0.4 is 0 Å². The molecule has 0 rings (SSSR count). The van der Waals surface area contributed by atoms with Crippen LogP contribution in [-0.2, 0) is 19.1 Å².